The van der Waals surface area contributed by atoms with Crippen LogP contribution in [0.4, 0.5) is 10.2 Å². The summed E-state index contributed by atoms with van der Waals surface area (Å²) < 4.78 is 20.9. The van der Waals surface area contributed by atoms with E-state index in [1.807, 2.05) is 55.4 Å². The van der Waals surface area contributed by atoms with Gasteiger partial charge in [-0.2, -0.15) is 5.10 Å². The van der Waals surface area contributed by atoms with E-state index in [0.717, 1.165) is 28.8 Å². The van der Waals surface area contributed by atoms with Crippen LogP contribution in [0, 0.1) is 5.82 Å². The number of ether oxygens (including phenoxy) is 1. The average molecular weight is 474 g/mol. The second kappa shape index (κ2) is 10.9. The van der Waals surface area contributed by atoms with E-state index in [9.17, 15) is 9.18 Å². The lowest BCUT2D eigenvalue weighted by molar-refractivity contribution is -0.115. The van der Waals surface area contributed by atoms with E-state index in [4.69, 9.17) is 9.84 Å². The number of likely N-dealkylation sites (N-methyl/N-ethyl adjacent to an activating group) is 1. The van der Waals surface area contributed by atoms with Gasteiger partial charge in [0.05, 0.1) is 25.6 Å². The number of nitrogens with one attached hydrogen (secondary N) is 1. The maximum Gasteiger partial charge on any atom is 0.230 e. The summed E-state index contributed by atoms with van der Waals surface area (Å²) >= 11 is 0. The lowest BCUT2D eigenvalue weighted by Crippen LogP contribution is -2.22. The smallest absolute Gasteiger partial charge is 0.230 e. The second-order valence-corrected chi connectivity index (χ2v) is 8.38. The Morgan fingerprint density at radius 1 is 1.03 bits per heavy atom. The van der Waals surface area contributed by atoms with Gasteiger partial charge in [0.25, 0.3) is 0 Å². The van der Waals surface area contributed by atoms with E-state index in [1.54, 1.807) is 36.3 Å². The molecule has 8 heteroatoms. The van der Waals surface area contributed by atoms with E-state index in [2.05, 4.69) is 10.3 Å². The number of aromatic nitrogens is 3. The predicted octanol–water partition coefficient (Wildman–Crippen LogP) is 4.50. The van der Waals surface area contributed by atoms with Gasteiger partial charge in [0, 0.05) is 30.1 Å². The van der Waals surface area contributed by atoms with Crippen LogP contribution in [0.2, 0.25) is 0 Å². The Kier molecular flexibility index (Phi) is 7.52. The van der Waals surface area contributed by atoms with Crippen LogP contribution in [0.3, 0.4) is 0 Å². The van der Waals surface area contributed by atoms with Crippen molar-refractivity contribution in [3.63, 3.8) is 0 Å². The summed E-state index contributed by atoms with van der Waals surface area (Å²) in [6.07, 6.45) is 3.54. The standard InChI is InChI=1S/C27H28FN5O2/c1-32(2)16-17-33-27(30-24(34)18-21-6-4-5-7-23(21)35-3)25(19-12-14-29-15-13-19)26(31-33)20-8-10-22(28)11-9-20/h4-15H,16-18H2,1-3H3,(H,30,34). The summed E-state index contributed by atoms with van der Waals surface area (Å²) in [5.41, 5.74) is 3.80. The molecule has 0 spiro atoms. The van der Waals surface area contributed by atoms with Crippen LogP contribution < -0.4 is 10.1 Å². The van der Waals surface area contributed by atoms with Gasteiger partial charge in [-0.25, -0.2) is 9.07 Å². The second-order valence-electron chi connectivity index (χ2n) is 8.38. The lowest BCUT2D eigenvalue weighted by atomic mass is 10.0. The van der Waals surface area contributed by atoms with Crippen molar-refractivity contribution in [3.8, 4) is 28.1 Å². The fourth-order valence-electron chi connectivity index (χ4n) is 3.85. The van der Waals surface area contributed by atoms with Gasteiger partial charge in [-0.1, -0.05) is 18.2 Å². The highest BCUT2D eigenvalue weighted by atomic mass is 19.1. The van der Waals surface area contributed by atoms with Gasteiger partial charge in [0.15, 0.2) is 0 Å². The van der Waals surface area contributed by atoms with Crippen LogP contribution >= 0.6 is 0 Å². The highest BCUT2D eigenvalue weighted by Crippen LogP contribution is 2.38. The Morgan fingerprint density at radius 2 is 1.74 bits per heavy atom. The molecule has 2 aromatic carbocycles. The van der Waals surface area contributed by atoms with Crippen LogP contribution in [0.5, 0.6) is 5.75 Å². The zero-order valence-corrected chi connectivity index (χ0v) is 20.0. The number of carbonyl (C=O) groups is 1. The molecule has 2 aromatic heterocycles. The number of amides is 1. The van der Waals surface area contributed by atoms with E-state index in [0.29, 0.717) is 23.8 Å². The van der Waals surface area contributed by atoms with Gasteiger partial charge >= 0.3 is 0 Å². The summed E-state index contributed by atoms with van der Waals surface area (Å²) in [6, 6.07) is 17.4. The molecule has 180 valence electrons. The fourth-order valence-corrected chi connectivity index (χ4v) is 3.85. The molecule has 7 nitrogen and oxygen atoms in total. The topological polar surface area (TPSA) is 72.3 Å². The summed E-state index contributed by atoms with van der Waals surface area (Å²) in [6.45, 7) is 1.27. The summed E-state index contributed by atoms with van der Waals surface area (Å²) in [4.78, 5) is 19.4. The largest absolute Gasteiger partial charge is 0.496 e. The number of pyridine rings is 1. The van der Waals surface area contributed by atoms with Crippen molar-refractivity contribution in [2.24, 2.45) is 0 Å². The molecule has 0 aliphatic carbocycles. The molecule has 0 radical (unpaired) electrons. The molecule has 0 saturated heterocycles. The van der Waals surface area contributed by atoms with Crippen molar-refractivity contribution >= 4 is 11.7 Å². The third-order valence-corrected chi connectivity index (χ3v) is 5.60. The molecule has 0 atom stereocenters. The Bertz CT molecular complexity index is 1290. The monoisotopic (exact) mass is 473 g/mol. The van der Waals surface area contributed by atoms with Gasteiger partial charge in [-0.15, -0.1) is 0 Å². The maximum absolute atomic E-state index is 13.7. The van der Waals surface area contributed by atoms with Crippen LogP contribution in [0.1, 0.15) is 5.56 Å². The Labute approximate surface area is 204 Å². The van der Waals surface area contributed by atoms with E-state index in [1.165, 1.54) is 12.1 Å². The number of benzene rings is 2. The number of rotatable bonds is 9. The molecule has 0 bridgehead atoms. The number of anilines is 1. The van der Waals surface area contributed by atoms with Crippen molar-refractivity contribution in [2.45, 2.75) is 13.0 Å². The number of methoxy groups -OCH3 is 1. The van der Waals surface area contributed by atoms with Gasteiger partial charge < -0.3 is 15.0 Å². The minimum atomic E-state index is -0.323. The number of para-hydroxylation sites is 1. The van der Waals surface area contributed by atoms with Gasteiger partial charge in [0.1, 0.15) is 23.1 Å². The minimum absolute atomic E-state index is 0.143. The van der Waals surface area contributed by atoms with Crippen LogP contribution in [-0.4, -0.2) is 53.3 Å². The summed E-state index contributed by atoms with van der Waals surface area (Å²) in [7, 11) is 5.55. The molecular weight excluding hydrogens is 445 g/mol. The molecular formula is C27H28FN5O2. The highest BCUT2D eigenvalue weighted by Gasteiger charge is 2.23. The molecule has 0 aliphatic heterocycles. The minimum Gasteiger partial charge on any atom is -0.496 e. The molecule has 0 fully saturated rings. The fraction of sp³-hybridized carbons (Fsp3) is 0.222. The van der Waals surface area contributed by atoms with Crippen LogP contribution in [-0.2, 0) is 17.8 Å². The van der Waals surface area contributed by atoms with Crippen molar-refractivity contribution < 1.29 is 13.9 Å². The number of hydrogen-bond acceptors (Lipinski definition) is 5. The summed E-state index contributed by atoms with van der Waals surface area (Å²) in [5, 5.41) is 7.96. The molecule has 2 heterocycles. The third kappa shape index (κ3) is 5.73. The number of hydrogen-bond donors (Lipinski definition) is 1. The normalized spacial score (nSPS) is 11.0. The van der Waals surface area contributed by atoms with Crippen LogP contribution in [0.25, 0.3) is 22.4 Å². The first-order valence-corrected chi connectivity index (χ1v) is 11.3. The molecule has 4 rings (SSSR count). The zero-order chi connectivity index (χ0) is 24.8. The van der Waals surface area contributed by atoms with E-state index >= 15 is 0 Å². The predicted molar refractivity (Wildman–Crippen MR) is 135 cm³/mol. The van der Waals surface area contributed by atoms with Gasteiger partial charge in [-0.3, -0.25) is 9.78 Å². The highest BCUT2D eigenvalue weighted by molar-refractivity contribution is 5.99. The molecule has 0 unspecified atom stereocenters. The van der Waals surface area contributed by atoms with Crippen LogP contribution in [0.15, 0.2) is 73.1 Å². The van der Waals surface area contributed by atoms with E-state index < -0.39 is 0 Å². The number of halogens is 1. The van der Waals surface area contributed by atoms with Crippen molar-refractivity contribution in [2.75, 3.05) is 33.1 Å². The first-order chi connectivity index (χ1) is 17.0. The molecule has 4 aromatic rings. The molecule has 1 amide bonds. The van der Waals surface area contributed by atoms with Gasteiger partial charge in [-0.05, 0) is 62.1 Å². The van der Waals surface area contributed by atoms with Crippen molar-refractivity contribution in [1.29, 1.82) is 0 Å². The first-order valence-electron chi connectivity index (χ1n) is 11.3. The zero-order valence-electron chi connectivity index (χ0n) is 20.0. The van der Waals surface area contributed by atoms with Crippen molar-refractivity contribution in [1.82, 2.24) is 19.7 Å². The lowest BCUT2D eigenvalue weighted by Gasteiger charge is -2.14. The first kappa shape index (κ1) is 24.1. The van der Waals surface area contributed by atoms with Gasteiger partial charge in [0.2, 0.25) is 5.91 Å². The number of nitrogens with zero attached hydrogens (tertiary/aromatic N) is 4. The van der Waals surface area contributed by atoms with Crippen molar-refractivity contribution in [3.05, 3.63) is 84.4 Å². The Hall–Kier alpha value is -4.04. The maximum atomic E-state index is 13.7. The average Bonchev–Trinajstić information content (AvgIpc) is 3.21. The SMILES string of the molecule is COc1ccccc1CC(=O)Nc1c(-c2ccncc2)c(-c2ccc(F)cc2)nn1CCN(C)C. The molecule has 1 N–H and O–H groups in total. The molecule has 35 heavy (non-hydrogen) atoms. The molecule has 0 saturated carbocycles. The Balaban J connectivity index is 1.79. The van der Waals surface area contributed by atoms with E-state index in [-0.39, 0.29) is 18.1 Å². The Morgan fingerprint density at radius 3 is 2.43 bits per heavy atom. The quantitative estimate of drug-likeness (QED) is 0.388. The number of carbonyl (C=O) groups excluding carboxylic acids is 1. The molecule has 0 aliphatic rings. The third-order valence-electron chi connectivity index (χ3n) is 5.60. The summed E-state index contributed by atoms with van der Waals surface area (Å²) in [5.74, 6) is 0.723.